The molecule has 0 aliphatic carbocycles. The maximum atomic E-state index is 12.3. The highest BCUT2D eigenvalue weighted by atomic mass is 16.3. The van der Waals surface area contributed by atoms with Crippen LogP contribution in [0.4, 0.5) is 5.69 Å². The SMILES string of the molecule is CC(C)[C@H](CNC(=O)c1ccc(NC(=O)c2ccco2)cc1)N(C)C. The first-order valence-electron chi connectivity index (χ1n) is 8.28. The van der Waals surface area contributed by atoms with Gasteiger partial charge < -0.3 is 20.0 Å². The quantitative estimate of drug-likeness (QED) is 0.811. The lowest BCUT2D eigenvalue weighted by Gasteiger charge is -2.28. The van der Waals surface area contributed by atoms with E-state index in [-0.39, 0.29) is 23.6 Å². The molecule has 0 saturated carbocycles. The van der Waals surface area contributed by atoms with Gasteiger partial charge in [0.2, 0.25) is 0 Å². The Labute approximate surface area is 148 Å². The monoisotopic (exact) mass is 343 g/mol. The van der Waals surface area contributed by atoms with Crippen LogP contribution in [-0.2, 0) is 0 Å². The van der Waals surface area contributed by atoms with Crippen LogP contribution >= 0.6 is 0 Å². The number of carbonyl (C=O) groups excluding carboxylic acids is 2. The van der Waals surface area contributed by atoms with Gasteiger partial charge >= 0.3 is 0 Å². The Morgan fingerprint density at radius 2 is 1.76 bits per heavy atom. The summed E-state index contributed by atoms with van der Waals surface area (Å²) in [5.74, 6) is 0.226. The lowest BCUT2D eigenvalue weighted by molar-refractivity contribution is 0.0934. The van der Waals surface area contributed by atoms with Crippen molar-refractivity contribution < 1.29 is 14.0 Å². The van der Waals surface area contributed by atoms with E-state index in [1.54, 1.807) is 36.4 Å². The molecule has 6 nitrogen and oxygen atoms in total. The zero-order valence-electron chi connectivity index (χ0n) is 15.1. The Hall–Kier alpha value is -2.60. The van der Waals surface area contributed by atoms with E-state index in [1.807, 2.05) is 14.1 Å². The molecular formula is C19H25N3O3. The molecule has 0 unspecified atom stereocenters. The van der Waals surface area contributed by atoms with Crippen molar-refractivity contribution in [1.82, 2.24) is 10.2 Å². The largest absolute Gasteiger partial charge is 0.459 e. The van der Waals surface area contributed by atoms with E-state index in [0.29, 0.717) is 23.7 Å². The third-order valence-corrected chi connectivity index (χ3v) is 4.05. The molecule has 0 aliphatic heterocycles. The van der Waals surface area contributed by atoms with Crippen molar-refractivity contribution >= 4 is 17.5 Å². The van der Waals surface area contributed by atoms with Gasteiger partial charge in [0.25, 0.3) is 11.8 Å². The van der Waals surface area contributed by atoms with Crippen LogP contribution in [-0.4, -0.2) is 43.4 Å². The Morgan fingerprint density at radius 3 is 2.28 bits per heavy atom. The van der Waals surface area contributed by atoms with E-state index in [9.17, 15) is 9.59 Å². The molecule has 1 aromatic carbocycles. The van der Waals surface area contributed by atoms with Crippen molar-refractivity contribution in [2.75, 3.05) is 26.0 Å². The number of nitrogens with zero attached hydrogens (tertiary/aromatic N) is 1. The molecule has 2 amide bonds. The maximum Gasteiger partial charge on any atom is 0.291 e. The molecule has 1 atom stereocenters. The molecule has 2 aromatic rings. The van der Waals surface area contributed by atoms with Crippen LogP contribution in [0, 0.1) is 5.92 Å². The lowest BCUT2D eigenvalue weighted by atomic mass is 10.0. The number of rotatable bonds is 7. The van der Waals surface area contributed by atoms with Gasteiger partial charge in [-0.25, -0.2) is 0 Å². The Balaban J connectivity index is 1.92. The number of nitrogens with one attached hydrogen (secondary N) is 2. The molecule has 0 fully saturated rings. The molecule has 134 valence electrons. The Morgan fingerprint density at radius 1 is 1.08 bits per heavy atom. The second kappa shape index (κ2) is 8.48. The molecule has 1 heterocycles. The molecule has 0 aliphatic rings. The van der Waals surface area contributed by atoms with Crippen LogP contribution in [0.5, 0.6) is 0 Å². The Bertz CT molecular complexity index is 683. The summed E-state index contributed by atoms with van der Waals surface area (Å²) in [5, 5.41) is 5.68. The summed E-state index contributed by atoms with van der Waals surface area (Å²) < 4.78 is 5.04. The van der Waals surface area contributed by atoms with E-state index in [2.05, 4.69) is 29.4 Å². The maximum absolute atomic E-state index is 12.3. The van der Waals surface area contributed by atoms with Crippen molar-refractivity contribution in [1.29, 1.82) is 0 Å². The molecule has 2 N–H and O–H groups in total. The van der Waals surface area contributed by atoms with E-state index in [0.717, 1.165) is 0 Å². The smallest absolute Gasteiger partial charge is 0.291 e. The molecule has 0 bridgehead atoms. The first-order valence-corrected chi connectivity index (χ1v) is 8.28. The number of likely N-dealkylation sites (N-methyl/N-ethyl adjacent to an activating group) is 1. The van der Waals surface area contributed by atoms with E-state index in [1.165, 1.54) is 6.26 Å². The van der Waals surface area contributed by atoms with Crippen LogP contribution in [0.3, 0.4) is 0 Å². The van der Waals surface area contributed by atoms with Crippen molar-refractivity contribution in [3.63, 3.8) is 0 Å². The van der Waals surface area contributed by atoms with Gasteiger partial charge in [-0.15, -0.1) is 0 Å². The first-order chi connectivity index (χ1) is 11.9. The number of hydrogen-bond donors (Lipinski definition) is 2. The summed E-state index contributed by atoms with van der Waals surface area (Å²) in [6.07, 6.45) is 1.44. The molecule has 2 rings (SSSR count). The van der Waals surface area contributed by atoms with Crippen LogP contribution in [0.1, 0.15) is 34.8 Å². The number of anilines is 1. The zero-order valence-corrected chi connectivity index (χ0v) is 15.1. The zero-order chi connectivity index (χ0) is 18.4. The molecular weight excluding hydrogens is 318 g/mol. The van der Waals surface area contributed by atoms with Gasteiger partial charge in [0, 0.05) is 23.8 Å². The molecule has 0 saturated heterocycles. The normalized spacial score (nSPS) is 12.2. The minimum absolute atomic E-state index is 0.128. The summed E-state index contributed by atoms with van der Waals surface area (Å²) in [5.41, 5.74) is 1.16. The minimum Gasteiger partial charge on any atom is -0.459 e. The fourth-order valence-corrected chi connectivity index (χ4v) is 2.62. The third kappa shape index (κ3) is 5.19. The second-order valence-electron chi connectivity index (χ2n) is 6.49. The van der Waals surface area contributed by atoms with Gasteiger partial charge in [-0.3, -0.25) is 9.59 Å². The number of hydrogen-bond acceptors (Lipinski definition) is 4. The van der Waals surface area contributed by atoms with E-state index < -0.39 is 0 Å². The number of amides is 2. The molecule has 0 radical (unpaired) electrons. The van der Waals surface area contributed by atoms with Crippen LogP contribution in [0.25, 0.3) is 0 Å². The summed E-state index contributed by atoms with van der Waals surface area (Å²) in [6, 6.07) is 10.3. The average Bonchev–Trinajstić information content (AvgIpc) is 3.09. The molecule has 1 aromatic heterocycles. The highest BCUT2D eigenvalue weighted by molar-refractivity contribution is 6.02. The van der Waals surface area contributed by atoms with Crippen molar-refractivity contribution in [3.05, 3.63) is 54.0 Å². The van der Waals surface area contributed by atoms with Gasteiger partial charge in [0.05, 0.1) is 6.26 Å². The number of benzene rings is 1. The van der Waals surface area contributed by atoms with Gasteiger partial charge in [-0.2, -0.15) is 0 Å². The van der Waals surface area contributed by atoms with Crippen LogP contribution in [0.2, 0.25) is 0 Å². The highest BCUT2D eigenvalue weighted by Gasteiger charge is 2.17. The molecule has 0 spiro atoms. The van der Waals surface area contributed by atoms with Gasteiger partial charge in [-0.1, -0.05) is 13.8 Å². The Kier molecular flexibility index (Phi) is 6.36. The molecule has 6 heteroatoms. The summed E-state index contributed by atoms with van der Waals surface area (Å²) in [4.78, 5) is 26.3. The third-order valence-electron chi connectivity index (χ3n) is 4.05. The molecule has 25 heavy (non-hydrogen) atoms. The summed E-state index contributed by atoms with van der Waals surface area (Å²) in [6.45, 7) is 4.85. The number of carbonyl (C=O) groups is 2. The van der Waals surface area contributed by atoms with Crippen molar-refractivity contribution in [3.8, 4) is 0 Å². The fraction of sp³-hybridized carbons (Fsp3) is 0.368. The van der Waals surface area contributed by atoms with E-state index >= 15 is 0 Å². The average molecular weight is 343 g/mol. The lowest BCUT2D eigenvalue weighted by Crippen LogP contribution is -2.43. The topological polar surface area (TPSA) is 74.6 Å². The predicted molar refractivity (Wildman–Crippen MR) is 97.7 cm³/mol. The van der Waals surface area contributed by atoms with Crippen molar-refractivity contribution in [2.45, 2.75) is 19.9 Å². The van der Waals surface area contributed by atoms with Gasteiger partial charge in [0.1, 0.15) is 0 Å². The van der Waals surface area contributed by atoms with Crippen LogP contribution in [0.15, 0.2) is 47.1 Å². The minimum atomic E-state index is -0.326. The van der Waals surface area contributed by atoms with Gasteiger partial charge in [-0.05, 0) is 56.4 Å². The fourth-order valence-electron chi connectivity index (χ4n) is 2.62. The highest BCUT2D eigenvalue weighted by Crippen LogP contribution is 2.12. The second-order valence-corrected chi connectivity index (χ2v) is 6.49. The number of furan rings is 1. The van der Waals surface area contributed by atoms with Crippen LogP contribution < -0.4 is 10.6 Å². The van der Waals surface area contributed by atoms with E-state index in [4.69, 9.17) is 4.42 Å². The summed E-state index contributed by atoms with van der Waals surface area (Å²) >= 11 is 0. The standard InChI is InChI=1S/C19H25N3O3/c1-13(2)16(22(3)4)12-20-18(23)14-7-9-15(10-8-14)21-19(24)17-6-5-11-25-17/h5-11,13,16H,12H2,1-4H3,(H,20,23)(H,21,24)/t16-/m0/s1. The summed E-state index contributed by atoms with van der Waals surface area (Å²) in [7, 11) is 4.01. The van der Waals surface area contributed by atoms with Crippen molar-refractivity contribution in [2.24, 2.45) is 5.92 Å². The predicted octanol–water partition coefficient (Wildman–Crippen LogP) is 2.85. The first kappa shape index (κ1) is 18.7. The van der Waals surface area contributed by atoms with Gasteiger partial charge in [0.15, 0.2) is 5.76 Å².